The van der Waals surface area contributed by atoms with Gasteiger partial charge in [-0.25, -0.2) is 0 Å². The lowest BCUT2D eigenvalue weighted by molar-refractivity contribution is 0.113. The van der Waals surface area contributed by atoms with Crippen LogP contribution in [0.15, 0.2) is 60.7 Å². The Morgan fingerprint density at radius 2 is 1.24 bits per heavy atom. The molecule has 1 heterocycles. The fourth-order valence-electron chi connectivity index (χ4n) is 3.22. The van der Waals surface area contributed by atoms with Crippen molar-refractivity contribution < 1.29 is 0 Å². The molecule has 0 amide bonds. The Bertz CT molecular complexity index is 491. The molecule has 2 aromatic rings. The van der Waals surface area contributed by atoms with Gasteiger partial charge < -0.3 is 4.90 Å². The van der Waals surface area contributed by atoms with Crippen LogP contribution in [-0.4, -0.2) is 42.5 Å². The quantitative estimate of drug-likeness (QED) is 0.847. The maximum Gasteiger partial charge on any atom is 0.0602 e. The van der Waals surface area contributed by atoms with Crippen LogP contribution in [0.3, 0.4) is 0 Å². The number of hydrogen-bond donors (Lipinski definition) is 0. The molecular weight excluding hydrogens is 256 g/mol. The van der Waals surface area contributed by atoms with Crippen LogP contribution in [0.1, 0.15) is 24.1 Å². The highest BCUT2D eigenvalue weighted by molar-refractivity contribution is 5.31. The number of piperazine rings is 1. The Labute approximate surface area is 128 Å². The average Bonchev–Trinajstić information content (AvgIpc) is 2.58. The van der Waals surface area contributed by atoms with Crippen molar-refractivity contribution >= 4 is 0 Å². The number of nitrogens with zero attached hydrogens (tertiary/aromatic N) is 2. The van der Waals surface area contributed by atoms with Gasteiger partial charge >= 0.3 is 0 Å². The minimum Gasteiger partial charge on any atom is -0.301 e. The van der Waals surface area contributed by atoms with Gasteiger partial charge in [0.1, 0.15) is 0 Å². The summed E-state index contributed by atoms with van der Waals surface area (Å²) in [6.07, 6.45) is 0. The van der Waals surface area contributed by atoms with Crippen LogP contribution >= 0.6 is 0 Å². The lowest BCUT2D eigenvalue weighted by Crippen LogP contribution is -2.47. The fraction of sp³-hybridized carbons (Fsp3) is 0.368. The predicted octanol–water partition coefficient (Wildman–Crippen LogP) is 3.41. The minimum absolute atomic E-state index is 0.381. The van der Waals surface area contributed by atoms with Gasteiger partial charge in [0.25, 0.3) is 0 Å². The molecule has 1 fully saturated rings. The summed E-state index contributed by atoms with van der Waals surface area (Å²) in [5.41, 5.74) is 2.79. The average molecular weight is 280 g/mol. The molecule has 2 heteroatoms. The van der Waals surface area contributed by atoms with Gasteiger partial charge in [-0.15, -0.1) is 0 Å². The summed E-state index contributed by atoms with van der Waals surface area (Å²) in [7, 11) is 0. The van der Waals surface area contributed by atoms with E-state index in [0.717, 1.165) is 19.6 Å². The molecule has 0 bridgehead atoms. The molecule has 0 saturated carbocycles. The zero-order valence-electron chi connectivity index (χ0n) is 12.8. The van der Waals surface area contributed by atoms with Crippen molar-refractivity contribution in [1.82, 2.24) is 9.80 Å². The van der Waals surface area contributed by atoms with E-state index in [9.17, 15) is 0 Å². The molecule has 2 aromatic carbocycles. The van der Waals surface area contributed by atoms with E-state index in [1.54, 1.807) is 0 Å². The Hall–Kier alpha value is -1.64. The summed E-state index contributed by atoms with van der Waals surface area (Å²) < 4.78 is 0. The highest BCUT2D eigenvalue weighted by Crippen LogP contribution is 2.29. The van der Waals surface area contributed by atoms with E-state index in [1.807, 2.05) is 0 Å². The first kappa shape index (κ1) is 14.3. The molecule has 0 unspecified atom stereocenters. The molecule has 3 rings (SSSR count). The maximum atomic E-state index is 2.62. The summed E-state index contributed by atoms with van der Waals surface area (Å²) in [5.74, 6) is 0. The zero-order valence-corrected chi connectivity index (χ0v) is 12.8. The van der Waals surface area contributed by atoms with Crippen LogP contribution in [0, 0.1) is 0 Å². The number of rotatable bonds is 4. The molecule has 1 aliphatic heterocycles. The van der Waals surface area contributed by atoms with Crippen LogP contribution in [0.25, 0.3) is 0 Å². The van der Waals surface area contributed by atoms with Crippen LogP contribution in [0.4, 0.5) is 0 Å². The van der Waals surface area contributed by atoms with E-state index in [4.69, 9.17) is 0 Å². The van der Waals surface area contributed by atoms with Crippen LogP contribution < -0.4 is 0 Å². The van der Waals surface area contributed by atoms with Gasteiger partial charge in [0.2, 0.25) is 0 Å². The van der Waals surface area contributed by atoms with Crippen LogP contribution in [0.2, 0.25) is 0 Å². The number of likely N-dealkylation sites (N-methyl/N-ethyl adjacent to an activating group) is 1. The van der Waals surface area contributed by atoms with Crippen LogP contribution in [-0.2, 0) is 0 Å². The Morgan fingerprint density at radius 3 is 1.67 bits per heavy atom. The molecule has 0 radical (unpaired) electrons. The van der Waals surface area contributed by atoms with Gasteiger partial charge in [-0.05, 0) is 17.7 Å². The first-order chi connectivity index (χ1) is 10.4. The summed E-state index contributed by atoms with van der Waals surface area (Å²) in [5, 5.41) is 0. The van der Waals surface area contributed by atoms with Crippen molar-refractivity contribution in [2.24, 2.45) is 0 Å². The van der Waals surface area contributed by atoms with Gasteiger partial charge in [-0.2, -0.15) is 0 Å². The molecule has 110 valence electrons. The highest BCUT2D eigenvalue weighted by Gasteiger charge is 2.25. The van der Waals surface area contributed by atoms with E-state index < -0.39 is 0 Å². The van der Waals surface area contributed by atoms with E-state index >= 15 is 0 Å². The molecule has 0 N–H and O–H groups in total. The molecule has 0 aromatic heterocycles. The van der Waals surface area contributed by atoms with E-state index in [2.05, 4.69) is 77.4 Å². The molecule has 0 spiro atoms. The third-order valence-corrected chi connectivity index (χ3v) is 4.45. The Kier molecular flexibility index (Phi) is 4.69. The molecule has 0 aliphatic carbocycles. The van der Waals surface area contributed by atoms with Crippen molar-refractivity contribution in [1.29, 1.82) is 0 Å². The third-order valence-electron chi connectivity index (χ3n) is 4.45. The second kappa shape index (κ2) is 6.88. The largest absolute Gasteiger partial charge is 0.301 e. The van der Waals surface area contributed by atoms with Crippen molar-refractivity contribution in [3.8, 4) is 0 Å². The molecule has 21 heavy (non-hydrogen) atoms. The highest BCUT2D eigenvalue weighted by atomic mass is 15.3. The second-order valence-corrected chi connectivity index (χ2v) is 5.69. The number of hydrogen-bond acceptors (Lipinski definition) is 2. The molecule has 0 atom stereocenters. The first-order valence-corrected chi connectivity index (χ1v) is 7.95. The normalized spacial score (nSPS) is 17.2. The van der Waals surface area contributed by atoms with E-state index in [1.165, 1.54) is 24.2 Å². The first-order valence-electron chi connectivity index (χ1n) is 7.95. The fourth-order valence-corrected chi connectivity index (χ4v) is 3.22. The predicted molar refractivity (Wildman–Crippen MR) is 88.4 cm³/mol. The maximum absolute atomic E-state index is 2.62. The smallest absolute Gasteiger partial charge is 0.0602 e. The number of benzene rings is 2. The van der Waals surface area contributed by atoms with Crippen molar-refractivity contribution in [2.45, 2.75) is 13.0 Å². The van der Waals surface area contributed by atoms with Gasteiger partial charge in [0.15, 0.2) is 0 Å². The lowest BCUT2D eigenvalue weighted by Gasteiger charge is -2.39. The standard InChI is InChI=1S/C19H24N2/c1-2-20-13-15-21(16-14-20)19(17-9-5-3-6-10-17)18-11-7-4-8-12-18/h3-12,19H,2,13-16H2,1H3. The monoisotopic (exact) mass is 280 g/mol. The third kappa shape index (κ3) is 3.34. The topological polar surface area (TPSA) is 6.48 Å². The summed E-state index contributed by atoms with van der Waals surface area (Å²) in [6.45, 7) is 8.04. The summed E-state index contributed by atoms with van der Waals surface area (Å²) >= 11 is 0. The lowest BCUT2D eigenvalue weighted by atomic mass is 9.96. The Balaban J connectivity index is 1.87. The SMILES string of the molecule is CCN1CCN(C(c2ccccc2)c2ccccc2)CC1. The molecular formula is C19H24N2. The summed E-state index contributed by atoms with van der Waals surface area (Å²) in [4.78, 5) is 5.15. The second-order valence-electron chi connectivity index (χ2n) is 5.69. The Morgan fingerprint density at radius 1 is 0.762 bits per heavy atom. The molecule has 1 saturated heterocycles. The van der Waals surface area contributed by atoms with Gasteiger partial charge in [-0.1, -0.05) is 67.6 Å². The zero-order chi connectivity index (χ0) is 14.5. The van der Waals surface area contributed by atoms with Crippen LogP contribution in [0.5, 0.6) is 0 Å². The van der Waals surface area contributed by atoms with E-state index in [0.29, 0.717) is 6.04 Å². The molecule has 1 aliphatic rings. The molecule has 2 nitrogen and oxygen atoms in total. The van der Waals surface area contributed by atoms with Crippen molar-refractivity contribution in [3.63, 3.8) is 0 Å². The minimum atomic E-state index is 0.381. The van der Waals surface area contributed by atoms with Crippen molar-refractivity contribution in [3.05, 3.63) is 71.8 Å². The van der Waals surface area contributed by atoms with Gasteiger partial charge in [0.05, 0.1) is 6.04 Å². The summed E-state index contributed by atoms with van der Waals surface area (Å²) in [6, 6.07) is 22.2. The van der Waals surface area contributed by atoms with Crippen molar-refractivity contribution in [2.75, 3.05) is 32.7 Å². The van der Waals surface area contributed by atoms with Gasteiger partial charge in [-0.3, -0.25) is 4.90 Å². The van der Waals surface area contributed by atoms with Gasteiger partial charge in [0, 0.05) is 26.2 Å². The van der Waals surface area contributed by atoms with E-state index in [-0.39, 0.29) is 0 Å².